The summed E-state index contributed by atoms with van der Waals surface area (Å²) < 4.78 is 9.28. The van der Waals surface area contributed by atoms with Crippen LogP contribution in [0.5, 0.6) is 0 Å². The smallest absolute Gasteiger partial charge is 0.413 e. The molecule has 1 aliphatic rings. The lowest BCUT2D eigenvalue weighted by Gasteiger charge is -2.14. The number of rotatable bonds is 7. The Kier molecular flexibility index (Phi) is 5.85. The SMILES string of the molecule is CC(OC(=O)Nc1c(-c2cc3sc(-c4ccc(C5(C(=O)O)CC5)s4)cc3s2)nnn1C)c1ccccc1. The largest absolute Gasteiger partial charge is 0.481 e. The number of fused-ring (bicyclic) bond motifs is 1. The number of hydrogen-bond donors (Lipinski definition) is 2. The first-order valence-electron chi connectivity index (χ1n) is 11.6. The molecule has 0 radical (unpaired) electrons. The molecule has 4 heterocycles. The maximum Gasteiger partial charge on any atom is 0.413 e. The van der Waals surface area contributed by atoms with Gasteiger partial charge in [0, 0.05) is 31.1 Å². The summed E-state index contributed by atoms with van der Waals surface area (Å²) in [6.07, 6.45) is 0.433. The van der Waals surface area contributed by atoms with Crippen LogP contribution in [0.3, 0.4) is 0 Å². The van der Waals surface area contributed by atoms with Crippen LogP contribution in [0.1, 0.15) is 36.3 Å². The number of carboxylic acid groups (broad SMARTS) is 1. The number of ether oxygens (including phenoxy) is 1. The fourth-order valence-corrected chi connectivity index (χ4v) is 7.94. The van der Waals surface area contributed by atoms with Gasteiger partial charge in [-0.1, -0.05) is 35.5 Å². The third-order valence-electron chi connectivity index (χ3n) is 6.52. The summed E-state index contributed by atoms with van der Waals surface area (Å²) in [5, 5.41) is 20.8. The third-order valence-corrected chi connectivity index (χ3v) is 10.3. The number of nitrogens with one attached hydrogen (secondary N) is 1. The number of carbonyl (C=O) groups excluding carboxylic acids is 1. The van der Waals surface area contributed by atoms with Crippen LogP contribution >= 0.6 is 34.0 Å². The Morgan fingerprint density at radius 1 is 1.03 bits per heavy atom. The average molecular weight is 551 g/mol. The highest BCUT2D eigenvalue weighted by Crippen LogP contribution is 2.53. The molecule has 0 saturated heterocycles. The summed E-state index contributed by atoms with van der Waals surface area (Å²) in [5.41, 5.74) is 0.806. The van der Waals surface area contributed by atoms with Crippen molar-refractivity contribution < 1.29 is 19.4 Å². The molecule has 0 aliphatic heterocycles. The summed E-state index contributed by atoms with van der Waals surface area (Å²) in [6, 6.07) is 17.7. The van der Waals surface area contributed by atoms with E-state index >= 15 is 0 Å². The Morgan fingerprint density at radius 3 is 2.43 bits per heavy atom. The van der Waals surface area contributed by atoms with Gasteiger partial charge in [-0.25, -0.2) is 9.48 Å². The number of thiophene rings is 3. The molecular weight excluding hydrogens is 529 g/mol. The van der Waals surface area contributed by atoms with Gasteiger partial charge in [0.2, 0.25) is 0 Å². The van der Waals surface area contributed by atoms with E-state index in [1.165, 1.54) is 4.68 Å². The predicted octanol–water partition coefficient (Wildman–Crippen LogP) is 6.91. The average Bonchev–Trinajstić information content (AvgIpc) is 3.19. The van der Waals surface area contributed by atoms with Crippen molar-refractivity contribution in [3.63, 3.8) is 0 Å². The molecule has 1 saturated carbocycles. The maximum atomic E-state index is 12.6. The molecule has 8 nitrogen and oxygen atoms in total. The molecule has 1 aliphatic carbocycles. The van der Waals surface area contributed by atoms with Gasteiger partial charge in [-0.3, -0.25) is 10.1 Å². The highest BCUT2D eigenvalue weighted by atomic mass is 32.1. The van der Waals surface area contributed by atoms with Crippen LogP contribution in [0.4, 0.5) is 10.6 Å². The quantitative estimate of drug-likeness (QED) is 0.228. The Bertz CT molecular complexity index is 1600. The number of hydrogen-bond acceptors (Lipinski definition) is 8. The van der Waals surface area contributed by atoms with Crippen molar-refractivity contribution in [2.75, 3.05) is 5.32 Å². The Labute approximate surface area is 224 Å². The molecular formula is C26H22N4O4S3. The minimum atomic E-state index is -0.732. The van der Waals surface area contributed by atoms with E-state index in [1.807, 2.05) is 49.4 Å². The minimum Gasteiger partial charge on any atom is -0.481 e. The van der Waals surface area contributed by atoms with Crippen molar-refractivity contribution in [3.8, 4) is 20.3 Å². The zero-order chi connectivity index (χ0) is 25.7. The molecule has 6 rings (SSSR count). The molecule has 37 heavy (non-hydrogen) atoms. The summed E-state index contributed by atoms with van der Waals surface area (Å²) in [6.45, 7) is 1.82. The molecule has 188 valence electrons. The van der Waals surface area contributed by atoms with Crippen LogP contribution in [0, 0.1) is 0 Å². The van der Waals surface area contributed by atoms with E-state index in [4.69, 9.17) is 4.74 Å². The van der Waals surface area contributed by atoms with E-state index in [-0.39, 0.29) is 0 Å². The van der Waals surface area contributed by atoms with E-state index in [9.17, 15) is 14.7 Å². The fourth-order valence-electron chi connectivity index (χ4n) is 4.23. The first-order chi connectivity index (χ1) is 17.8. The van der Waals surface area contributed by atoms with Gasteiger partial charge in [0.1, 0.15) is 17.2 Å². The normalized spacial score (nSPS) is 15.0. The van der Waals surface area contributed by atoms with Crippen LogP contribution in [0.15, 0.2) is 54.6 Å². The van der Waals surface area contributed by atoms with E-state index in [0.717, 1.165) is 34.5 Å². The predicted molar refractivity (Wildman–Crippen MR) is 147 cm³/mol. The van der Waals surface area contributed by atoms with Crippen LogP contribution < -0.4 is 5.32 Å². The van der Waals surface area contributed by atoms with Gasteiger partial charge in [-0.15, -0.1) is 39.1 Å². The minimum absolute atomic E-state index is 0.403. The van der Waals surface area contributed by atoms with Crippen molar-refractivity contribution in [1.82, 2.24) is 15.0 Å². The summed E-state index contributed by atoms with van der Waals surface area (Å²) in [7, 11) is 1.72. The molecule has 4 aromatic heterocycles. The summed E-state index contributed by atoms with van der Waals surface area (Å²) in [4.78, 5) is 28.3. The lowest BCUT2D eigenvalue weighted by Crippen LogP contribution is -2.18. The Hall–Kier alpha value is -3.54. The van der Waals surface area contributed by atoms with E-state index < -0.39 is 23.6 Å². The van der Waals surface area contributed by atoms with Gasteiger partial charge in [0.25, 0.3) is 0 Å². The topological polar surface area (TPSA) is 106 Å². The molecule has 1 aromatic carbocycles. The van der Waals surface area contributed by atoms with E-state index in [1.54, 1.807) is 41.1 Å². The van der Waals surface area contributed by atoms with E-state index in [0.29, 0.717) is 24.4 Å². The first-order valence-corrected chi connectivity index (χ1v) is 14.1. The van der Waals surface area contributed by atoms with Crippen molar-refractivity contribution >= 4 is 61.3 Å². The molecule has 0 bridgehead atoms. The number of aryl methyl sites for hydroxylation is 1. The number of carboxylic acids is 1. The Morgan fingerprint density at radius 2 is 1.73 bits per heavy atom. The number of aliphatic carboxylic acids is 1. The van der Waals surface area contributed by atoms with E-state index in [2.05, 4.69) is 27.8 Å². The molecule has 1 unspecified atom stereocenters. The van der Waals surface area contributed by atoms with Gasteiger partial charge >= 0.3 is 12.1 Å². The van der Waals surface area contributed by atoms with Crippen LogP contribution in [0.2, 0.25) is 0 Å². The monoisotopic (exact) mass is 550 g/mol. The lowest BCUT2D eigenvalue weighted by molar-refractivity contribution is -0.139. The molecule has 0 spiro atoms. The Balaban J connectivity index is 1.21. The van der Waals surface area contributed by atoms with Gasteiger partial charge in [-0.2, -0.15) is 0 Å². The fraction of sp³-hybridized carbons (Fsp3) is 0.231. The van der Waals surface area contributed by atoms with Crippen LogP contribution in [0.25, 0.3) is 29.7 Å². The lowest BCUT2D eigenvalue weighted by atomic mass is 10.1. The molecule has 11 heteroatoms. The molecule has 1 amide bonds. The first kappa shape index (κ1) is 23.8. The zero-order valence-electron chi connectivity index (χ0n) is 19.9. The van der Waals surface area contributed by atoms with Crippen LogP contribution in [-0.4, -0.2) is 32.2 Å². The second-order valence-corrected chi connectivity index (χ2v) is 12.2. The number of benzene rings is 1. The highest BCUT2D eigenvalue weighted by Gasteiger charge is 2.52. The van der Waals surface area contributed by atoms with Gasteiger partial charge < -0.3 is 9.84 Å². The van der Waals surface area contributed by atoms with Crippen molar-refractivity contribution in [2.45, 2.75) is 31.3 Å². The zero-order valence-corrected chi connectivity index (χ0v) is 22.4. The number of amides is 1. The second kappa shape index (κ2) is 9.09. The van der Waals surface area contributed by atoms with Gasteiger partial charge in [-0.05, 0) is 49.6 Å². The molecule has 1 fully saturated rings. The number of carbonyl (C=O) groups is 2. The van der Waals surface area contributed by atoms with Crippen molar-refractivity contribution in [3.05, 3.63) is 65.0 Å². The van der Waals surface area contributed by atoms with Gasteiger partial charge in [0.15, 0.2) is 5.82 Å². The third kappa shape index (κ3) is 4.32. The highest BCUT2D eigenvalue weighted by molar-refractivity contribution is 7.32. The molecule has 2 N–H and O–H groups in total. The molecule has 1 atom stereocenters. The second-order valence-electron chi connectivity index (χ2n) is 8.99. The molecule has 5 aromatic rings. The van der Waals surface area contributed by atoms with Gasteiger partial charge in [0.05, 0.1) is 4.88 Å². The number of nitrogens with zero attached hydrogens (tertiary/aromatic N) is 3. The number of aromatic nitrogens is 3. The number of anilines is 1. The standard InChI is InChI=1S/C26H22N4O4S3/c1-14(15-6-4-3-5-7-15)34-25(33)27-23-22(28-29-30(23)2)20-13-19-18(36-20)12-17(35-19)16-8-9-21(37-16)26(10-11-26)24(31)32/h3-9,12-14H,10-11H2,1-2H3,(H,27,33)(H,31,32). The summed E-state index contributed by atoms with van der Waals surface area (Å²) >= 11 is 4.80. The van der Waals surface area contributed by atoms with Crippen molar-refractivity contribution in [1.29, 1.82) is 0 Å². The summed E-state index contributed by atoms with van der Waals surface area (Å²) in [5.74, 6) is -0.268. The van der Waals surface area contributed by atoms with Crippen LogP contribution in [-0.2, 0) is 22.0 Å². The van der Waals surface area contributed by atoms with Crippen molar-refractivity contribution in [2.24, 2.45) is 7.05 Å². The maximum absolute atomic E-state index is 12.6.